The van der Waals surface area contributed by atoms with Gasteiger partial charge in [0.2, 0.25) is 0 Å². The first-order chi connectivity index (χ1) is 13.9. The van der Waals surface area contributed by atoms with Crippen molar-refractivity contribution in [2.24, 2.45) is 0 Å². The van der Waals surface area contributed by atoms with E-state index in [2.05, 4.69) is 0 Å². The van der Waals surface area contributed by atoms with Crippen LogP contribution >= 0.6 is 0 Å². The molecule has 1 saturated heterocycles. The van der Waals surface area contributed by atoms with E-state index < -0.39 is 5.97 Å². The Kier molecular flexibility index (Phi) is 6.32. The lowest BCUT2D eigenvalue weighted by atomic mass is 9.92. The molecular formula is C23H25NO5. The summed E-state index contributed by atoms with van der Waals surface area (Å²) in [5, 5.41) is 9.07. The smallest absolute Gasteiger partial charge is 0.335 e. The molecule has 0 spiro atoms. The average Bonchev–Trinajstić information content (AvgIpc) is 2.67. The summed E-state index contributed by atoms with van der Waals surface area (Å²) in [6.07, 6.45) is 1.49. The maximum Gasteiger partial charge on any atom is 0.335 e. The lowest BCUT2D eigenvalue weighted by Gasteiger charge is -2.39. The van der Waals surface area contributed by atoms with Crippen molar-refractivity contribution in [1.29, 1.82) is 0 Å². The molecule has 1 amide bonds. The number of aromatic carboxylic acids is 1. The fourth-order valence-corrected chi connectivity index (χ4v) is 4.00. The van der Waals surface area contributed by atoms with Crippen molar-refractivity contribution in [3.63, 3.8) is 0 Å². The minimum atomic E-state index is -0.972. The number of carboxylic acid groups (broad SMARTS) is 1. The van der Waals surface area contributed by atoms with Gasteiger partial charge in [-0.25, -0.2) is 4.79 Å². The third kappa shape index (κ3) is 5.02. The summed E-state index contributed by atoms with van der Waals surface area (Å²) in [5.41, 5.74) is 3.89. The zero-order valence-corrected chi connectivity index (χ0v) is 16.6. The number of carboxylic acids is 1. The molecule has 152 valence electrons. The van der Waals surface area contributed by atoms with Crippen LogP contribution in [0.25, 0.3) is 0 Å². The van der Waals surface area contributed by atoms with E-state index in [1.54, 1.807) is 24.3 Å². The first kappa shape index (κ1) is 20.6. The second-order valence-electron chi connectivity index (χ2n) is 7.61. The van der Waals surface area contributed by atoms with Crippen molar-refractivity contribution in [1.82, 2.24) is 4.90 Å². The lowest BCUT2D eigenvalue weighted by Crippen LogP contribution is -2.49. The molecule has 0 unspecified atom stereocenters. The molecule has 1 N–H and O–H groups in total. The van der Waals surface area contributed by atoms with Crippen LogP contribution in [0.3, 0.4) is 0 Å². The number of hydrogen-bond acceptors (Lipinski definition) is 4. The van der Waals surface area contributed by atoms with E-state index in [1.165, 1.54) is 0 Å². The minimum Gasteiger partial charge on any atom is -0.478 e. The van der Waals surface area contributed by atoms with Crippen LogP contribution in [0.15, 0.2) is 42.5 Å². The topological polar surface area (TPSA) is 83.9 Å². The van der Waals surface area contributed by atoms with Gasteiger partial charge in [0.25, 0.3) is 12.4 Å². The van der Waals surface area contributed by atoms with Crippen LogP contribution in [0.5, 0.6) is 0 Å². The predicted molar refractivity (Wildman–Crippen MR) is 108 cm³/mol. The molecule has 1 fully saturated rings. The standard InChI is InChI=1S/C23H25NO5/c1-15-9-16(2)11-19(10-15)22(26)24-8-7-21(29-14-25)13-20(24)12-17-3-5-18(6-4-17)23(27)28/h3-6,9-11,14,20-21H,7-8,12-13H2,1-2H3,(H,27,28)/t20-,21+/m1/s1. The number of aryl methyl sites for hydroxylation is 2. The Morgan fingerprint density at radius 1 is 1.10 bits per heavy atom. The second kappa shape index (κ2) is 8.90. The van der Waals surface area contributed by atoms with Crippen molar-refractivity contribution in [3.8, 4) is 0 Å². The quantitative estimate of drug-likeness (QED) is 0.758. The molecule has 0 saturated carbocycles. The maximum atomic E-state index is 13.3. The minimum absolute atomic E-state index is 0.0338. The number of carbonyl (C=O) groups is 3. The highest BCUT2D eigenvalue weighted by atomic mass is 16.5. The largest absolute Gasteiger partial charge is 0.478 e. The van der Waals surface area contributed by atoms with Crippen molar-refractivity contribution < 1.29 is 24.2 Å². The fraction of sp³-hybridized carbons (Fsp3) is 0.348. The number of rotatable bonds is 6. The molecule has 2 atom stereocenters. The molecule has 1 aliphatic heterocycles. The molecule has 6 heteroatoms. The first-order valence-electron chi connectivity index (χ1n) is 9.68. The lowest BCUT2D eigenvalue weighted by molar-refractivity contribution is -0.136. The van der Waals surface area contributed by atoms with Gasteiger partial charge in [0.15, 0.2) is 0 Å². The Morgan fingerprint density at radius 3 is 2.34 bits per heavy atom. The van der Waals surface area contributed by atoms with Crippen LogP contribution < -0.4 is 0 Å². The van der Waals surface area contributed by atoms with E-state index >= 15 is 0 Å². The molecule has 2 aromatic carbocycles. The molecule has 2 aromatic rings. The highest BCUT2D eigenvalue weighted by molar-refractivity contribution is 5.95. The van der Waals surface area contributed by atoms with Gasteiger partial charge >= 0.3 is 5.97 Å². The zero-order chi connectivity index (χ0) is 21.0. The van der Waals surface area contributed by atoms with Crippen LogP contribution in [0.1, 0.15) is 50.2 Å². The molecular weight excluding hydrogens is 370 g/mol. The van der Waals surface area contributed by atoms with Gasteiger partial charge in [0.1, 0.15) is 6.10 Å². The van der Waals surface area contributed by atoms with Gasteiger partial charge < -0.3 is 14.7 Å². The van der Waals surface area contributed by atoms with Crippen molar-refractivity contribution in [2.75, 3.05) is 6.54 Å². The van der Waals surface area contributed by atoms with Gasteiger partial charge in [0, 0.05) is 31.0 Å². The number of hydrogen-bond donors (Lipinski definition) is 1. The molecule has 6 nitrogen and oxygen atoms in total. The van der Waals surface area contributed by atoms with E-state index in [0.717, 1.165) is 16.7 Å². The highest BCUT2D eigenvalue weighted by Crippen LogP contribution is 2.25. The summed E-state index contributed by atoms with van der Waals surface area (Å²) in [4.78, 5) is 37.0. The summed E-state index contributed by atoms with van der Waals surface area (Å²) in [6, 6.07) is 12.3. The third-order valence-electron chi connectivity index (χ3n) is 5.32. The molecule has 0 radical (unpaired) electrons. The Hall–Kier alpha value is -3.15. The van der Waals surface area contributed by atoms with Crippen LogP contribution in [-0.4, -0.2) is 47.0 Å². The number of nitrogens with zero attached hydrogens (tertiary/aromatic N) is 1. The van der Waals surface area contributed by atoms with Gasteiger partial charge in [0.05, 0.1) is 5.56 Å². The number of amides is 1. The fourth-order valence-electron chi connectivity index (χ4n) is 4.00. The maximum absolute atomic E-state index is 13.3. The van der Waals surface area contributed by atoms with Crippen molar-refractivity contribution in [3.05, 3.63) is 70.3 Å². The number of benzene rings is 2. The molecule has 0 aliphatic carbocycles. The summed E-state index contributed by atoms with van der Waals surface area (Å²) < 4.78 is 5.18. The van der Waals surface area contributed by atoms with Gasteiger partial charge in [-0.3, -0.25) is 9.59 Å². The molecule has 0 bridgehead atoms. The van der Waals surface area contributed by atoms with Gasteiger partial charge in [-0.15, -0.1) is 0 Å². The zero-order valence-electron chi connectivity index (χ0n) is 16.6. The van der Waals surface area contributed by atoms with Crippen LogP contribution in [0.2, 0.25) is 0 Å². The molecule has 1 aliphatic rings. The van der Waals surface area contributed by atoms with Crippen molar-refractivity contribution in [2.45, 2.75) is 45.3 Å². The van der Waals surface area contributed by atoms with Crippen LogP contribution in [0.4, 0.5) is 0 Å². The van der Waals surface area contributed by atoms with E-state index in [9.17, 15) is 14.4 Å². The Balaban J connectivity index is 1.84. The Bertz CT molecular complexity index is 886. The Labute approximate surface area is 170 Å². The number of ether oxygens (including phenoxy) is 1. The molecule has 1 heterocycles. The number of carbonyl (C=O) groups excluding carboxylic acids is 2. The van der Waals surface area contributed by atoms with Gasteiger partial charge in [-0.1, -0.05) is 29.3 Å². The predicted octanol–water partition coefficient (Wildman–Crippen LogP) is 3.39. The molecule has 0 aromatic heterocycles. The second-order valence-corrected chi connectivity index (χ2v) is 7.61. The molecule has 3 rings (SSSR count). The van der Waals surface area contributed by atoms with E-state index in [1.807, 2.05) is 36.9 Å². The monoisotopic (exact) mass is 395 g/mol. The third-order valence-corrected chi connectivity index (χ3v) is 5.32. The van der Waals surface area contributed by atoms with Gasteiger partial charge in [-0.05, 0) is 50.1 Å². The van der Waals surface area contributed by atoms with E-state index in [0.29, 0.717) is 37.8 Å². The van der Waals surface area contributed by atoms with E-state index in [4.69, 9.17) is 9.84 Å². The van der Waals surface area contributed by atoms with Crippen LogP contribution in [0, 0.1) is 13.8 Å². The summed E-state index contributed by atoms with van der Waals surface area (Å²) in [7, 11) is 0. The van der Waals surface area contributed by atoms with E-state index in [-0.39, 0.29) is 23.6 Å². The summed E-state index contributed by atoms with van der Waals surface area (Å²) >= 11 is 0. The first-order valence-corrected chi connectivity index (χ1v) is 9.68. The number of piperidine rings is 1. The average molecular weight is 395 g/mol. The summed E-state index contributed by atoms with van der Waals surface area (Å²) in [6.45, 7) is 4.90. The molecule has 29 heavy (non-hydrogen) atoms. The number of likely N-dealkylation sites (tertiary alicyclic amines) is 1. The van der Waals surface area contributed by atoms with Crippen LogP contribution in [-0.2, 0) is 16.0 Å². The van der Waals surface area contributed by atoms with Gasteiger partial charge in [-0.2, -0.15) is 0 Å². The summed E-state index contributed by atoms with van der Waals surface area (Å²) in [5.74, 6) is -1.01. The van der Waals surface area contributed by atoms with Crippen molar-refractivity contribution >= 4 is 18.3 Å². The highest BCUT2D eigenvalue weighted by Gasteiger charge is 2.33. The normalized spacial score (nSPS) is 18.9. The Morgan fingerprint density at radius 2 is 1.76 bits per heavy atom. The SMILES string of the molecule is Cc1cc(C)cc(C(=O)N2CC[C@H](OC=O)C[C@H]2Cc2ccc(C(=O)O)cc2)c1.